The van der Waals surface area contributed by atoms with Gasteiger partial charge in [0.15, 0.2) is 5.96 Å². The summed E-state index contributed by atoms with van der Waals surface area (Å²) in [5.41, 5.74) is 20.1. The van der Waals surface area contributed by atoms with E-state index in [0.29, 0.717) is 17.8 Å². The van der Waals surface area contributed by atoms with Crippen molar-refractivity contribution in [1.82, 2.24) is 15.0 Å². The van der Waals surface area contributed by atoms with Crippen molar-refractivity contribution in [2.75, 3.05) is 6.61 Å². The molecule has 1 heterocycles. The normalized spacial score (nSPS) is 11.5. The Bertz CT molecular complexity index is 984. The predicted octanol–water partition coefficient (Wildman–Crippen LogP) is 1.35. The largest absolute Gasteiger partial charge is 0.494 e. The number of hydrogen-bond acceptors (Lipinski definition) is 4. The van der Waals surface area contributed by atoms with Gasteiger partial charge in [0, 0.05) is 0 Å². The van der Waals surface area contributed by atoms with Crippen LogP contribution in [-0.4, -0.2) is 33.5 Å². The molecule has 0 saturated carbocycles. The zero-order chi connectivity index (χ0) is 18.7. The Morgan fingerprint density at radius 3 is 2.35 bits per heavy atom. The van der Waals surface area contributed by atoms with Gasteiger partial charge in [-0.2, -0.15) is 9.79 Å². The van der Waals surface area contributed by atoms with Gasteiger partial charge in [-0.15, -0.1) is 10.2 Å². The molecule has 0 unspecified atom stereocenters. The molecular formula is C17H20N8O. The number of rotatable bonds is 4. The van der Waals surface area contributed by atoms with Crippen LogP contribution < -0.4 is 21.9 Å². The summed E-state index contributed by atoms with van der Waals surface area (Å²) in [5, 5.41) is 9.00. The minimum Gasteiger partial charge on any atom is -0.494 e. The van der Waals surface area contributed by atoms with E-state index in [-0.39, 0.29) is 11.9 Å². The Kier molecular flexibility index (Phi) is 4.70. The van der Waals surface area contributed by atoms with E-state index in [9.17, 15) is 0 Å². The first-order valence-electron chi connectivity index (χ1n) is 8.01. The molecule has 26 heavy (non-hydrogen) atoms. The molecule has 0 aliphatic carbocycles. The predicted molar refractivity (Wildman–Crippen MR) is 102 cm³/mol. The van der Waals surface area contributed by atoms with Gasteiger partial charge in [0.05, 0.1) is 18.0 Å². The minimum atomic E-state index is -0.147. The van der Waals surface area contributed by atoms with Crippen LogP contribution in [0.2, 0.25) is 0 Å². The molecule has 0 amide bonds. The van der Waals surface area contributed by atoms with Crippen LogP contribution >= 0.6 is 0 Å². The van der Waals surface area contributed by atoms with Crippen molar-refractivity contribution >= 4 is 28.6 Å². The number of aliphatic imine (C=N–C) groups is 2. The molecule has 0 spiro atoms. The van der Waals surface area contributed by atoms with Crippen LogP contribution in [0.4, 0.5) is 5.69 Å². The fraction of sp³-hybridized carbons (Fsp3) is 0.176. The van der Waals surface area contributed by atoms with Crippen LogP contribution in [0.15, 0.2) is 46.4 Å². The van der Waals surface area contributed by atoms with E-state index in [1.54, 1.807) is 10.9 Å². The number of fused-ring (bicyclic) bond motifs is 1. The molecule has 2 aromatic carbocycles. The molecule has 0 aliphatic rings. The lowest BCUT2D eigenvalue weighted by molar-refractivity contribution is 0.340. The molecule has 0 atom stereocenters. The van der Waals surface area contributed by atoms with Crippen LogP contribution in [0.25, 0.3) is 16.7 Å². The van der Waals surface area contributed by atoms with Crippen LogP contribution in [0, 0.1) is 6.92 Å². The molecule has 9 heteroatoms. The highest BCUT2D eigenvalue weighted by Gasteiger charge is 2.09. The maximum Gasteiger partial charge on any atom is 0.223 e. The first-order chi connectivity index (χ1) is 12.5. The Morgan fingerprint density at radius 2 is 1.73 bits per heavy atom. The highest BCUT2D eigenvalue weighted by molar-refractivity contribution is 5.94. The van der Waals surface area contributed by atoms with Gasteiger partial charge in [-0.1, -0.05) is 0 Å². The summed E-state index contributed by atoms with van der Waals surface area (Å²) in [6.07, 6.45) is 0. The maximum absolute atomic E-state index is 5.70. The molecule has 6 N–H and O–H groups in total. The van der Waals surface area contributed by atoms with Gasteiger partial charge in [0.1, 0.15) is 16.8 Å². The molecular weight excluding hydrogens is 332 g/mol. The van der Waals surface area contributed by atoms with Crippen molar-refractivity contribution in [3.63, 3.8) is 0 Å². The van der Waals surface area contributed by atoms with Crippen molar-refractivity contribution in [1.29, 1.82) is 0 Å². The third-order valence-electron chi connectivity index (χ3n) is 3.56. The Hall–Kier alpha value is -3.62. The van der Waals surface area contributed by atoms with E-state index in [1.165, 1.54) is 0 Å². The summed E-state index contributed by atoms with van der Waals surface area (Å²) in [4.78, 5) is 9.50. The lowest BCUT2D eigenvalue weighted by Crippen LogP contribution is -2.26. The highest BCUT2D eigenvalue weighted by Crippen LogP contribution is 2.25. The van der Waals surface area contributed by atoms with Gasteiger partial charge in [0.25, 0.3) is 0 Å². The first kappa shape index (κ1) is 17.2. The number of aryl methyl sites for hydroxylation is 1. The maximum atomic E-state index is 5.70. The second kappa shape index (κ2) is 7.09. The molecule has 0 bridgehead atoms. The molecule has 1 aromatic heterocycles. The lowest BCUT2D eigenvalue weighted by atomic mass is 10.2. The summed E-state index contributed by atoms with van der Waals surface area (Å²) < 4.78 is 5.45. The fourth-order valence-electron chi connectivity index (χ4n) is 2.42. The topological polar surface area (TPSA) is 143 Å². The van der Waals surface area contributed by atoms with Crippen LogP contribution in [0.3, 0.4) is 0 Å². The van der Waals surface area contributed by atoms with Crippen molar-refractivity contribution in [2.24, 2.45) is 27.2 Å². The van der Waals surface area contributed by atoms with E-state index in [2.05, 4.69) is 20.2 Å². The average Bonchev–Trinajstić information content (AvgIpc) is 2.98. The van der Waals surface area contributed by atoms with E-state index >= 15 is 0 Å². The third kappa shape index (κ3) is 3.72. The number of guanidine groups is 2. The van der Waals surface area contributed by atoms with Crippen molar-refractivity contribution in [3.8, 4) is 11.4 Å². The second-order valence-corrected chi connectivity index (χ2v) is 5.55. The van der Waals surface area contributed by atoms with Gasteiger partial charge in [-0.25, -0.2) is 4.99 Å². The smallest absolute Gasteiger partial charge is 0.223 e. The van der Waals surface area contributed by atoms with E-state index in [1.807, 2.05) is 44.2 Å². The van der Waals surface area contributed by atoms with Crippen LogP contribution in [0.5, 0.6) is 5.75 Å². The van der Waals surface area contributed by atoms with Crippen molar-refractivity contribution in [3.05, 3.63) is 42.0 Å². The Labute approximate surface area is 150 Å². The van der Waals surface area contributed by atoms with Gasteiger partial charge in [-0.3, -0.25) is 0 Å². The quantitative estimate of drug-likeness (QED) is 0.478. The molecule has 0 radical (unpaired) electrons. The Morgan fingerprint density at radius 1 is 1.08 bits per heavy atom. The number of benzene rings is 2. The van der Waals surface area contributed by atoms with Crippen LogP contribution in [0.1, 0.15) is 12.5 Å². The molecule has 3 rings (SSSR count). The average molecular weight is 352 g/mol. The number of nitrogens with two attached hydrogens (primary N) is 3. The highest BCUT2D eigenvalue weighted by atomic mass is 16.5. The number of ether oxygens (including phenoxy) is 1. The lowest BCUT2D eigenvalue weighted by Gasteiger charge is -2.03. The number of aromatic nitrogens is 3. The standard InChI is InChI=1S/C17H20N8O/c1-3-26-12-6-4-11(5-7-12)25-23-14-8-10(2)13(9-15(14)24-25)21-17(20)22-16(18)19/h4-9H,3H2,1-2H3,(H6,18,19,20,21,22). The monoisotopic (exact) mass is 352 g/mol. The Balaban J connectivity index is 1.97. The summed E-state index contributed by atoms with van der Waals surface area (Å²) in [7, 11) is 0. The van der Waals surface area contributed by atoms with Gasteiger partial charge in [0.2, 0.25) is 5.96 Å². The molecule has 0 saturated heterocycles. The molecule has 134 valence electrons. The zero-order valence-corrected chi connectivity index (χ0v) is 14.5. The molecule has 9 nitrogen and oxygen atoms in total. The third-order valence-corrected chi connectivity index (χ3v) is 3.56. The zero-order valence-electron chi connectivity index (χ0n) is 14.5. The SMILES string of the molecule is CCOc1ccc(-n2nc3cc(C)c(N=C(N)N=C(N)N)cc3n2)cc1. The van der Waals surface area contributed by atoms with Crippen molar-refractivity contribution < 1.29 is 4.74 Å². The number of hydrogen-bond donors (Lipinski definition) is 3. The summed E-state index contributed by atoms with van der Waals surface area (Å²) in [5.74, 6) is 0.633. The minimum absolute atomic E-state index is 0.0219. The fourth-order valence-corrected chi connectivity index (χ4v) is 2.42. The molecule has 0 aliphatic heterocycles. The van der Waals surface area contributed by atoms with Crippen LogP contribution in [-0.2, 0) is 0 Å². The number of nitrogens with zero attached hydrogens (tertiary/aromatic N) is 5. The van der Waals surface area contributed by atoms with Gasteiger partial charge in [-0.05, 0) is 55.8 Å². The van der Waals surface area contributed by atoms with Gasteiger partial charge < -0.3 is 21.9 Å². The summed E-state index contributed by atoms with van der Waals surface area (Å²) in [6, 6.07) is 11.2. The van der Waals surface area contributed by atoms with Gasteiger partial charge >= 0.3 is 0 Å². The molecule has 0 fully saturated rings. The van der Waals surface area contributed by atoms with E-state index in [0.717, 1.165) is 22.5 Å². The summed E-state index contributed by atoms with van der Waals surface area (Å²) >= 11 is 0. The molecule has 3 aromatic rings. The summed E-state index contributed by atoms with van der Waals surface area (Å²) in [6.45, 7) is 4.46. The second-order valence-electron chi connectivity index (χ2n) is 5.55. The van der Waals surface area contributed by atoms with E-state index < -0.39 is 0 Å². The van der Waals surface area contributed by atoms with Crippen molar-refractivity contribution in [2.45, 2.75) is 13.8 Å². The van der Waals surface area contributed by atoms with E-state index in [4.69, 9.17) is 21.9 Å². The first-order valence-corrected chi connectivity index (χ1v) is 8.01.